The zero-order chi connectivity index (χ0) is 15.9. The molecule has 1 aromatic carbocycles. The summed E-state index contributed by atoms with van der Waals surface area (Å²) in [5.41, 5.74) is 0.652. The van der Waals surface area contributed by atoms with Crippen LogP contribution in [0.2, 0.25) is 5.02 Å². The molecule has 0 aliphatic carbocycles. The molecule has 2 aromatic rings. The average molecular weight is 323 g/mol. The first-order chi connectivity index (χ1) is 10.6. The largest absolute Gasteiger partial charge is 0.461 e. The van der Waals surface area contributed by atoms with Crippen molar-refractivity contribution in [2.24, 2.45) is 0 Å². The molecule has 0 radical (unpaired) electrons. The van der Waals surface area contributed by atoms with Gasteiger partial charge in [-0.1, -0.05) is 23.7 Å². The lowest BCUT2D eigenvalue weighted by atomic mass is 10.1. The van der Waals surface area contributed by atoms with Gasteiger partial charge in [0.05, 0.1) is 11.6 Å². The van der Waals surface area contributed by atoms with Crippen molar-refractivity contribution < 1.29 is 18.7 Å². The van der Waals surface area contributed by atoms with E-state index < -0.39 is 5.97 Å². The minimum absolute atomic E-state index is 0.0765. The Hall–Kier alpha value is -2.34. The topological polar surface area (TPSA) is 81.4 Å². The van der Waals surface area contributed by atoms with Crippen molar-refractivity contribution >= 4 is 23.5 Å². The predicted octanol–water partition coefficient (Wildman–Crippen LogP) is 2.68. The van der Waals surface area contributed by atoms with Gasteiger partial charge in [0.2, 0.25) is 5.91 Å². The van der Waals surface area contributed by atoms with Crippen molar-refractivity contribution in [1.82, 2.24) is 10.3 Å². The van der Waals surface area contributed by atoms with Crippen molar-refractivity contribution in [2.45, 2.75) is 13.3 Å². The van der Waals surface area contributed by atoms with Crippen LogP contribution in [-0.2, 0) is 9.53 Å². The van der Waals surface area contributed by atoms with Gasteiger partial charge in [-0.05, 0) is 18.6 Å². The van der Waals surface area contributed by atoms with E-state index in [1.807, 2.05) is 0 Å². The van der Waals surface area contributed by atoms with Gasteiger partial charge in [0.1, 0.15) is 0 Å². The fourth-order valence-corrected chi connectivity index (χ4v) is 2.02. The molecule has 6 nitrogen and oxygen atoms in total. The summed E-state index contributed by atoms with van der Waals surface area (Å²) in [7, 11) is 0. The fraction of sp³-hybridized carbons (Fsp3) is 0.267. The Morgan fingerprint density at radius 1 is 1.36 bits per heavy atom. The number of esters is 1. The van der Waals surface area contributed by atoms with Crippen molar-refractivity contribution in [3.63, 3.8) is 0 Å². The van der Waals surface area contributed by atoms with Gasteiger partial charge < -0.3 is 14.5 Å². The van der Waals surface area contributed by atoms with Gasteiger partial charge in [-0.2, -0.15) is 0 Å². The summed E-state index contributed by atoms with van der Waals surface area (Å²) in [6.07, 6.45) is 1.69. The number of oxazole rings is 1. The summed E-state index contributed by atoms with van der Waals surface area (Å²) in [5, 5.41) is 3.07. The summed E-state index contributed by atoms with van der Waals surface area (Å²) < 4.78 is 10.4. The fourth-order valence-electron chi connectivity index (χ4n) is 1.80. The average Bonchev–Trinajstić information content (AvgIpc) is 2.96. The number of carbonyl (C=O) groups excluding carboxylic acids is 2. The van der Waals surface area contributed by atoms with Gasteiger partial charge in [0, 0.05) is 19.0 Å². The smallest absolute Gasteiger partial charge is 0.360 e. The number of benzene rings is 1. The molecule has 0 fully saturated rings. The lowest BCUT2D eigenvalue weighted by molar-refractivity contribution is -0.118. The Morgan fingerprint density at radius 2 is 2.14 bits per heavy atom. The van der Waals surface area contributed by atoms with Gasteiger partial charge in [0.25, 0.3) is 0 Å². The van der Waals surface area contributed by atoms with Crippen molar-refractivity contribution in [2.75, 3.05) is 13.2 Å². The van der Waals surface area contributed by atoms with Gasteiger partial charge >= 0.3 is 5.97 Å². The molecule has 0 saturated heterocycles. The number of carbonyl (C=O) groups is 2. The molecule has 0 aliphatic rings. The van der Waals surface area contributed by atoms with E-state index >= 15 is 0 Å². The molecule has 22 heavy (non-hydrogen) atoms. The van der Waals surface area contributed by atoms with Crippen LogP contribution in [0, 0.1) is 0 Å². The number of hydrogen-bond acceptors (Lipinski definition) is 5. The van der Waals surface area contributed by atoms with E-state index in [9.17, 15) is 9.59 Å². The van der Waals surface area contributed by atoms with Gasteiger partial charge in [-0.15, -0.1) is 0 Å². The molecule has 0 aliphatic heterocycles. The minimum atomic E-state index is -0.591. The number of aromatic nitrogens is 1. The summed E-state index contributed by atoms with van der Waals surface area (Å²) >= 11 is 6.09. The molecule has 1 heterocycles. The third kappa shape index (κ3) is 4.08. The minimum Gasteiger partial charge on any atom is -0.461 e. The first-order valence-corrected chi connectivity index (χ1v) is 7.07. The molecule has 2 rings (SSSR count). The summed E-state index contributed by atoms with van der Waals surface area (Å²) in [6, 6.07) is 6.99. The first-order valence-electron chi connectivity index (χ1n) is 6.69. The number of hydrogen-bond donors (Lipinski definition) is 1. The molecule has 0 unspecified atom stereocenters. The highest BCUT2D eigenvalue weighted by molar-refractivity contribution is 6.33. The molecule has 0 spiro atoms. The monoisotopic (exact) mass is 322 g/mol. The van der Waals surface area contributed by atoms with Crippen molar-refractivity contribution in [1.29, 1.82) is 0 Å². The van der Waals surface area contributed by atoms with Gasteiger partial charge in [-0.25, -0.2) is 9.78 Å². The van der Waals surface area contributed by atoms with Crippen LogP contribution >= 0.6 is 11.6 Å². The molecule has 1 amide bonds. The van der Waals surface area contributed by atoms with Crippen LogP contribution in [0.1, 0.15) is 23.8 Å². The number of amides is 1. The number of nitrogens with one attached hydrogen (secondary N) is 1. The second-order valence-electron chi connectivity index (χ2n) is 4.48. The zero-order valence-electron chi connectivity index (χ0n) is 12.0. The number of halogens is 1. The third-order valence-electron chi connectivity index (χ3n) is 2.81. The lowest BCUT2D eigenvalue weighted by Gasteiger charge is -2.05. The summed E-state index contributed by atoms with van der Waals surface area (Å²) in [6.45, 7) is 2.05. The van der Waals surface area contributed by atoms with Gasteiger partial charge in [0.15, 0.2) is 17.8 Å². The predicted molar refractivity (Wildman–Crippen MR) is 80.5 cm³/mol. The SMILES string of the molecule is CC(=O)NCCCOC(=O)c1ncoc1-c1ccccc1Cl. The Kier molecular flexibility index (Phi) is 5.55. The third-order valence-corrected chi connectivity index (χ3v) is 3.14. The molecule has 0 bridgehead atoms. The standard InChI is InChI=1S/C15H15ClN2O4/c1-10(19)17-7-4-8-21-15(20)13-14(22-9-18-13)11-5-2-3-6-12(11)16/h2-3,5-6,9H,4,7-8H2,1H3,(H,17,19). The molecule has 0 saturated carbocycles. The van der Waals surface area contributed by atoms with Crippen molar-refractivity contribution in [3.8, 4) is 11.3 Å². The van der Waals surface area contributed by atoms with E-state index in [0.29, 0.717) is 23.6 Å². The van der Waals surface area contributed by atoms with E-state index in [1.165, 1.54) is 13.3 Å². The number of nitrogens with zero attached hydrogens (tertiary/aromatic N) is 1. The van der Waals surface area contributed by atoms with Crippen LogP contribution in [0.4, 0.5) is 0 Å². The van der Waals surface area contributed by atoms with Crippen LogP contribution < -0.4 is 5.32 Å². The van der Waals surface area contributed by atoms with Crippen LogP contribution in [0.3, 0.4) is 0 Å². The lowest BCUT2D eigenvalue weighted by Crippen LogP contribution is -2.22. The second kappa shape index (κ2) is 7.61. The first kappa shape index (κ1) is 16.0. The quantitative estimate of drug-likeness (QED) is 0.653. The molecule has 1 N–H and O–H groups in total. The Labute approximate surface area is 132 Å². The van der Waals surface area contributed by atoms with Crippen LogP contribution in [-0.4, -0.2) is 30.0 Å². The highest BCUT2D eigenvalue weighted by atomic mass is 35.5. The molecule has 0 atom stereocenters. The molecular formula is C15H15ClN2O4. The summed E-state index contributed by atoms with van der Waals surface area (Å²) in [5.74, 6) is -0.437. The van der Waals surface area contributed by atoms with Crippen LogP contribution in [0.25, 0.3) is 11.3 Å². The number of ether oxygens (including phenoxy) is 1. The summed E-state index contributed by atoms with van der Waals surface area (Å²) in [4.78, 5) is 26.6. The Morgan fingerprint density at radius 3 is 2.86 bits per heavy atom. The molecular weight excluding hydrogens is 308 g/mol. The van der Waals surface area contributed by atoms with E-state index in [1.54, 1.807) is 24.3 Å². The maximum absolute atomic E-state index is 12.0. The highest BCUT2D eigenvalue weighted by Gasteiger charge is 2.21. The molecule has 1 aromatic heterocycles. The molecule has 7 heteroatoms. The maximum Gasteiger partial charge on any atom is 0.360 e. The van der Waals surface area contributed by atoms with Crippen LogP contribution in [0.15, 0.2) is 35.1 Å². The van der Waals surface area contributed by atoms with E-state index in [4.69, 9.17) is 20.8 Å². The zero-order valence-corrected chi connectivity index (χ0v) is 12.7. The van der Waals surface area contributed by atoms with E-state index in [-0.39, 0.29) is 24.0 Å². The van der Waals surface area contributed by atoms with Gasteiger partial charge in [-0.3, -0.25) is 4.79 Å². The number of rotatable bonds is 6. The highest BCUT2D eigenvalue weighted by Crippen LogP contribution is 2.30. The van der Waals surface area contributed by atoms with E-state index in [0.717, 1.165) is 0 Å². The normalized spacial score (nSPS) is 10.3. The maximum atomic E-state index is 12.0. The Balaban J connectivity index is 1.99. The second-order valence-corrected chi connectivity index (χ2v) is 4.89. The molecule has 116 valence electrons. The van der Waals surface area contributed by atoms with E-state index in [2.05, 4.69) is 10.3 Å². The van der Waals surface area contributed by atoms with Crippen LogP contribution in [0.5, 0.6) is 0 Å². The Bertz CT molecular complexity index is 669. The van der Waals surface area contributed by atoms with Crippen molar-refractivity contribution in [3.05, 3.63) is 41.4 Å².